The van der Waals surface area contributed by atoms with Crippen LogP contribution in [0.15, 0.2) is 41.8 Å². The van der Waals surface area contributed by atoms with Gasteiger partial charge in [-0.1, -0.05) is 17.8 Å². The van der Waals surface area contributed by atoms with Crippen LogP contribution >= 0.6 is 11.8 Å². The summed E-state index contributed by atoms with van der Waals surface area (Å²) in [5.41, 5.74) is 0.981. The number of aromatic nitrogens is 3. The molecule has 4 rings (SSSR count). The largest absolute Gasteiger partial charge is 0.442 e. The molecular weight excluding hydrogens is 338 g/mol. The molecule has 25 heavy (non-hydrogen) atoms. The molecule has 0 aromatic carbocycles. The van der Waals surface area contributed by atoms with Gasteiger partial charge in [0, 0.05) is 37.6 Å². The van der Waals surface area contributed by atoms with Gasteiger partial charge in [-0.15, -0.1) is 0 Å². The number of nitrogens with zero attached hydrogens (tertiary/aromatic N) is 5. The quantitative estimate of drug-likeness (QED) is 0.597. The fourth-order valence-electron chi connectivity index (χ4n) is 3.34. The second kappa shape index (κ2) is 6.87. The van der Waals surface area contributed by atoms with E-state index in [9.17, 15) is 4.79 Å². The zero-order chi connectivity index (χ0) is 17.2. The molecule has 0 saturated carbocycles. The first-order chi connectivity index (χ1) is 12.2. The van der Waals surface area contributed by atoms with Crippen molar-refractivity contribution in [2.24, 2.45) is 0 Å². The zero-order valence-electron chi connectivity index (χ0n) is 13.9. The smallest absolute Gasteiger partial charge is 0.410 e. The molecular formula is C17H19N5O2S. The number of anilines is 1. The summed E-state index contributed by atoms with van der Waals surface area (Å²) in [6.45, 7) is 2.01. The minimum Gasteiger partial charge on any atom is -0.442 e. The molecule has 0 spiro atoms. The molecule has 2 aliphatic rings. The van der Waals surface area contributed by atoms with Gasteiger partial charge >= 0.3 is 6.09 Å². The molecule has 130 valence electrons. The predicted octanol–water partition coefficient (Wildman–Crippen LogP) is 1.85. The Labute approximate surface area is 150 Å². The van der Waals surface area contributed by atoms with Crippen molar-refractivity contribution in [3.63, 3.8) is 0 Å². The van der Waals surface area contributed by atoms with E-state index in [1.807, 2.05) is 35.4 Å². The molecule has 2 fully saturated rings. The van der Waals surface area contributed by atoms with Crippen molar-refractivity contribution in [1.29, 1.82) is 0 Å². The van der Waals surface area contributed by atoms with Crippen molar-refractivity contribution in [1.82, 2.24) is 19.9 Å². The molecule has 0 radical (unpaired) electrons. The van der Waals surface area contributed by atoms with Crippen LogP contribution < -0.4 is 4.90 Å². The van der Waals surface area contributed by atoms with Gasteiger partial charge in [0.2, 0.25) is 0 Å². The summed E-state index contributed by atoms with van der Waals surface area (Å²) in [7, 11) is 0. The molecule has 4 heterocycles. The Morgan fingerprint density at radius 1 is 1.24 bits per heavy atom. The summed E-state index contributed by atoms with van der Waals surface area (Å²) in [5, 5.41) is 0.749. The molecule has 2 aromatic rings. The van der Waals surface area contributed by atoms with E-state index < -0.39 is 0 Å². The Bertz CT molecular complexity index is 760. The molecule has 2 atom stereocenters. The van der Waals surface area contributed by atoms with Gasteiger partial charge in [-0.05, 0) is 24.5 Å². The summed E-state index contributed by atoms with van der Waals surface area (Å²) in [6.07, 6.45) is 5.90. The Morgan fingerprint density at radius 3 is 2.96 bits per heavy atom. The number of ether oxygens (including phenoxy) is 1. The highest BCUT2D eigenvalue weighted by Crippen LogP contribution is 2.30. The fourth-order valence-corrected chi connectivity index (χ4v) is 3.69. The molecule has 1 amide bonds. The molecule has 2 aromatic heterocycles. The van der Waals surface area contributed by atoms with Crippen molar-refractivity contribution in [3.8, 4) is 0 Å². The maximum atomic E-state index is 12.2. The number of hydrogen-bond donors (Lipinski definition) is 0. The first kappa shape index (κ1) is 16.1. The molecule has 8 heteroatoms. The molecule has 0 aliphatic carbocycles. The van der Waals surface area contributed by atoms with Crippen molar-refractivity contribution in [3.05, 3.63) is 42.4 Å². The summed E-state index contributed by atoms with van der Waals surface area (Å²) in [4.78, 5) is 29.3. The third-order valence-corrected chi connectivity index (χ3v) is 5.15. The van der Waals surface area contributed by atoms with Crippen LogP contribution in [-0.2, 0) is 11.2 Å². The van der Waals surface area contributed by atoms with Crippen LogP contribution in [0.2, 0.25) is 0 Å². The Balaban J connectivity index is 1.44. The van der Waals surface area contributed by atoms with E-state index in [2.05, 4.69) is 19.9 Å². The third-order valence-electron chi connectivity index (χ3n) is 4.58. The monoisotopic (exact) mass is 357 g/mol. The summed E-state index contributed by atoms with van der Waals surface area (Å²) < 4.78 is 5.57. The number of pyridine rings is 1. The number of hydrogen-bond acceptors (Lipinski definition) is 7. The van der Waals surface area contributed by atoms with Crippen molar-refractivity contribution in [2.45, 2.75) is 23.7 Å². The molecule has 0 N–H and O–H groups in total. The van der Waals surface area contributed by atoms with E-state index in [-0.39, 0.29) is 18.2 Å². The maximum Gasteiger partial charge on any atom is 0.410 e. The first-order valence-corrected chi connectivity index (χ1v) is 9.46. The average molecular weight is 357 g/mol. The van der Waals surface area contributed by atoms with Gasteiger partial charge in [0.15, 0.2) is 5.16 Å². The fraction of sp³-hybridized carbons (Fsp3) is 0.412. The molecule has 0 unspecified atom stereocenters. The molecule has 2 saturated heterocycles. The standard InChI is InChI=1S/C17H19N5O2S/c1-25-16-19-8-5-15(20-16)21-10-13-14(11-21)24-17(23)22(13)9-6-12-4-2-3-7-18-12/h2-5,7-8,13-14H,6,9-11H2,1H3/t13-,14+/m0/s1. The van der Waals surface area contributed by atoms with E-state index in [0.717, 1.165) is 29.6 Å². The van der Waals surface area contributed by atoms with Gasteiger partial charge in [-0.2, -0.15) is 0 Å². The maximum absolute atomic E-state index is 12.2. The van der Waals surface area contributed by atoms with E-state index in [1.165, 1.54) is 11.8 Å². The number of fused-ring (bicyclic) bond motifs is 1. The highest BCUT2D eigenvalue weighted by molar-refractivity contribution is 7.98. The van der Waals surface area contributed by atoms with Crippen LogP contribution in [0.1, 0.15) is 5.69 Å². The molecule has 7 nitrogen and oxygen atoms in total. The van der Waals surface area contributed by atoms with E-state index in [4.69, 9.17) is 4.74 Å². The van der Waals surface area contributed by atoms with Crippen molar-refractivity contribution < 1.29 is 9.53 Å². The Kier molecular flexibility index (Phi) is 4.44. The van der Waals surface area contributed by atoms with Gasteiger partial charge < -0.3 is 9.64 Å². The van der Waals surface area contributed by atoms with Crippen LogP contribution in [0.5, 0.6) is 0 Å². The molecule has 0 bridgehead atoms. The summed E-state index contributed by atoms with van der Waals surface area (Å²) in [5.74, 6) is 0.884. The second-order valence-electron chi connectivity index (χ2n) is 6.06. The van der Waals surface area contributed by atoms with Crippen LogP contribution in [0.4, 0.5) is 10.6 Å². The predicted molar refractivity (Wildman–Crippen MR) is 94.7 cm³/mol. The Hall–Kier alpha value is -2.35. The number of carbonyl (C=O) groups is 1. The highest BCUT2D eigenvalue weighted by atomic mass is 32.2. The highest BCUT2D eigenvalue weighted by Gasteiger charge is 2.47. The summed E-state index contributed by atoms with van der Waals surface area (Å²) >= 11 is 1.52. The third kappa shape index (κ3) is 3.26. The lowest BCUT2D eigenvalue weighted by Gasteiger charge is -2.23. The van der Waals surface area contributed by atoms with Gasteiger partial charge in [0.05, 0.1) is 12.6 Å². The van der Waals surface area contributed by atoms with Gasteiger partial charge in [-0.3, -0.25) is 9.88 Å². The van der Waals surface area contributed by atoms with E-state index >= 15 is 0 Å². The SMILES string of the molecule is CSc1nccc(N2C[C@H]3OC(=O)N(CCc4ccccn4)[C@H]3C2)n1. The normalized spacial score (nSPS) is 22.2. The minimum absolute atomic E-state index is 0.0592. The van der Waals surface area contributed by atoms with Gasteiger partial charge in [-0.25, -0.2) is 14.8 Å². The zero-order valence-corrected chi connectivity index (χ0v) is 14.7. The topological polar surface area (TPSA) is 71.5 Å². The number of amides is 1. The van der Waals surface area contributed by atoms with Crippen molar-refractivity contribution >= 4 is 23.7 Å². The van der Waals surface area contributed by atoms with E-state index in [0.29, 0.717) is 13.1 Å². The van der Waals surface area contributed by atoms with Gasteiger partial charge in [0.1, 0.15) is 11.9 Å². The van der Waals surface area contributed by atoms with Crippen LogP contribution in [-0.4, -0.2) is 64.0 Å². The van der Waals surface area contributed by atoms with Gasteiger partial charge in [0.25, 0.3) is 0 Å². The lowest BCUT2D eigenvalue weighted by molar-refractivity contribution is 0.136. The van der Waals surface area contributed by atoms with Crippen molar-refractivity contribution in [2.75, 3.05) is 30.8 Å². The number of rotatable bonds is 5. The average Bonchev–Trinajstić information content (AvgIpc) is 3.18. The Morgan fingerprint density at radius 2 is 2.16 bits per heavy atom. The first-order valence-electron chi connectivity index (χ1n) is 8.24. The second-order valence-corrected chi connectivity index (χ2v) is 6.83. The van der Waals surface area contributed by atoms with E-state index in [1.54, 1.807) is 12.4 Å². The lowest BCUT2D eigenvalue weighted by Crippen LogP contribution is -2.39. The van der Waals surface area contributed by atoms with Crippen LogP contribution in [0, 0.1) is 0 Å². The lowest BCUT2D eigenvalue weighted by atomic mass is 10.2. The number of thioether (sulfide) groups is 1. The number of carbonyl (C=O) groups excluding carboxylic acids is 1. The summed E-state index contributed by atoms with van der Waals surface area (Å²) in [6, 6.07) is 7.79. The van der Waals surface area contributed by atoms with Crippen LogP contribution in [0.25, 0.3) is 0 Å². The van der Waals surface area contributed by atoms with Crippen LogP contribution in [0.3, 0.4) is 0 Å². The molecule has 2 aliphatic heterocycles. The minimum atomic E-state index is -0.224.